The molecule has 1 amide bonds. The molecule has 0 heterocycles. The first-order chi connectivity index (χ1) is 19.2. The van der Waals surface area contributed by atoms with Gasteiger partial charge in [0.2, 0.25) is 10.0 Å². The number of benzene rings is 3. The molecule has 0 aliphatic heterocycles. The lowest BCUT2D eigenvalue weighted by molar-refractivity contribution is 0.0938. The van der Waals surface area contributed by atoms with E-state index in [0.717, 1.165) is 41.6 Å². The third-order valence-corrected chi connectivity index (χ3v) is 11.7. The molecule has 3 aromatic carbocycles. The Kier molecular flexibility index (Phi) is 10.9. The quantitative estimate of drug-likeness (QED) is 0.280. The third-order valence-electron chi connectivity index (χ3n) is 7.65. The molecule has 0 spiro atoms. The molecular formula is C33H43N2O3PS. The van der Waals surface area contributed by atoms with Crippen LogP contribution in [0.3, 0.4) is 0 Å². The maximum Gasteiger partial charge on any atom is 0.252 e. The highest BCUT2D eigenvalue weighted by atomic mass is 32.2. The zero-order chi connectivity index (χ0) is 28.5. The number of hydrogen-bond donors (Lipinski definition) is 2. The van der Waals surface area contributed by atoms with Crippen molar-refractivity contribution in [3.8, 4) is 0 Å². The maximum absolute atomic E-state index is 13.9. The zero-order valence-electron chi connectivity index (χ0n) is 23.9. The second kappa shape index (κ2) is 14.4. The number of hydrogen-bond acceptors (Lipinski definition) is 3. The van der Waals surface area contributed by atoms with E-state index in [4.69, 9.17) is 0 Å². The summed E-state index contributed by atoms with van der Waals surface area (Å²) in [6.45, 7) is 6.10. The molecule has 0 bridgehead atoms. The normalized spacial score (nSPS) is 16.1. The van der Waals surface area contributed by atoms with E-state index in [0.29, 0.717) is 17.9 Å². The van der Waals surface area contributed by atoms with E-state index in [1.165, 1.54) is 6.42 Å². The molecule has 2 N–H and O–H groups in total. The lowest BCUT2D eigenvalue weighted by Gasteiger charge is -2.29. The summed E-state index contributed by atoms with van der Waals surface area (Å²) in [5, 5.41) is 6.40. The molecule has 0 aromatic heterocycles. The van der Waals surface area contributed by atoms with Gasteiger partial charge in [-0.05, 0) is 67.9 Å². The lowest BCUT2D eigenvalue weighted by atomic mass is 9.85. The Morgan fingerprint density at radius 3 is 1.95 bits per heavy atom. The summed E-state index contributed by atoms with van der Waals surface area (Å²) in [5.41, 5.74) is 0.594. The Balaban J connectivity index is 1.57. The second-order valence-electron chi connectivity index (χ2n) is 11.4. The van der Waals surface area contributed by atoms with Gasteiger partial charge < -0.3 is 5.32 Å². The van der Waals surface area contributed by atoms with Gasteiger partial charge in [-0.3, -0.25) is 4.79 Å². The van der Waals surface area contributed by atoms with Gasteiger partial charge in [-0.15, -0.1) is 0 Å². The van der Waals surface area contributed by atoms with Crippen molar-refractivity contribution in [1.82, 2.24) is 10.0 Å². The molecule has 0 radical (unpaired) electrons. The SMILES string of the molecule is CC(C)C[C@@H](CS(=O)(=O)N[C@@H](C)C1CCCCC1)NC(=O)c1ccccc1P(c1ccccc1)c1ccccc1. The average Bonchev–Trinajstić information content (AvgIpc) is 2.94. The van der Waals surface area contributed by atoms with Crippen LogP contribution in [0.5, 0.6) is 0 Å². The van der Waals surface area contributed by atoms with Crippen molar-refractivity contribution < 1.29 is 13.2 Å². The second-order valence-corrected chi connectivity index (χ2v) is 15.4. The molecule has 4 rings (SSSR count). The highest BCUT2D eigenvalue weighted by molar-refractivity contribution is 7.89. The average molecular weight is 579 g/mol. The third kappa shape index (κ3) is 8.49. The molecule has 2 atom stereocenters. The fourth-order valence-electron chi connectivity index (χ4n) is 5.77. The first-order valence-corrected chi connectivity index (χ1v) is 17.5. The minimum Gasteiger partial charge on any atom is -0.348 e. The summed E-state index contributed by atoms with van der Waals surface area (Å²) in [4.78, 5) is 13.9. The molecule has 7 heteroatoms. The van der Waals surface area contributed by atoms with E-state index in [-0.39, 0.29) is 23.6 Å². The van der Waals surface area contributed by atoms with Crippen molar-refractivity contribution in [3.63, 3.8) is 0 Å². The summed E-state index contributed by atoms with van der Waals surface area (Å²) in [6, 6.07) is 27.7. The summed E-state index contributed by atoms with van der Waals surface area (Å²) >= 11 is 0. The molecule has 40 heavy (non-hydrogen) atoms. The van der Waals surface area contributed by atoms with Crippen LogP contribution < -0.4 is 26.0 Å². The van der Waals surface area contributed by atoms with Gasteiger partial charge in [0.1, 0.15) is 0 Å². The predicted molar refractivity (Wildman–Crippen MR) is 169 cm³/mol. The molecule has 3 aromatic rings. The van der Waals surface area contributed by atoms with Crippen LogP contribution in [0.4, 0.5) is 0 Å². The summed E-state index contributed by atoms with van der Waals surface area (Å²) in [5.74, 6) is 0.264. The molecule has 1 aliphatic rings. The van der Waals surface area contributed by atoms with Gasteiger partial charge in [0.05, 0.1) is 5.75 Å². The summed E-state index contributed by atoms with van der Waals surface area (Å²) in [6.07, 6.45) is 6.28. The Labute approximate surface area is 242 Å². The number of nitrogens with one attached hydrogen (secondary N) is 2. The fraction of sp³-hybridized carbons (Fsp3) is 0.424. The van der Waals surface area contributed by atoms with Crippen LogP contribution in [-0.4, -0.2) is 32.2 Å². The van der Waals surface area contributed by atoms with Gasteiger partial charge in [-0.25, -0.2) is 13.1 Å². The van der Waals surface area contributed by atoms with Gasteiger partial charge in [-0.2, -0.15) is 0 Å². The van der Waals surface area contributed by atoms with Gasteiger partial charge in [-0.1, -0.05) is 112 Å². The maximum atomic E-state index is 13.9. The van der Waals surface area contributed by atoms with Crippen LogP contribution in [0.25, 0.3) is 0 Å². The van der Waals surface area contributed by atoms with Crippen LogP contribution in [0.2, 0.25) is 0 Å². The van der Waals surface area contributed by atoms with E-state index in [1.807, 2.05) is 67.6 Å². The Morgan fingerprint density at radius 2 is 1.38 bits per heavy atom. The summed E-state index contributed by atoms with van der Waals surface area (Å²) < 4.78 is 29.5. The number of sulfonamides is 1. The molecule has 1 fully saturated rings. The molecule has 0 unspecified atom stereocenters. The number of rotatable bonds is 12. The number of carbonyl (C=O) groups excluding carboxylic acids is 1. The molecule has 1 saturated carbocycles. The molecular weight excluding hydrogens is 535 g/mol. The van der Waals surface area contributed by atoms with Gasteiger partial charge >= 0.3 is 0 Å². The zero-order valence-corrected chi connectivity index (χ0v) is 25.6. The van der Waals surface area contributed by atoms with Crippen molar-refractivity contribution in [1.29, 1.82) is 0 Å². The molecule has 5 nitrogen and oxygen atoms in total. The van der Waals surface area contributed by atoms with E-state index in [9.17, 15) is 13.2 Å². The van der Waals surface area contributed by atoms with Crippen molar-refractivity contribution in [3.05, 3.63) is 90.5 Å². The van der Waals surface area contributed by atoms with E-state index in [1.54, 1.807) is 0 Å². The van der Waals surface area contributed by atoms with Crippen molar-refractivity contribution in [2.24, 2.45) is 11.8 Å². The number of amides is 1. The van der Waals surface area contributed by atoms with E-state index < -0.39 is 24.0 Å². The molecule has 214 valence electrons. The Hall–Kier alpha value is -2.53. The van der Waals surface area contributed by atoms with E-state index >= 15 is 0 Å². The van der Waals surface area contributed by atoms with Crippen LogP contribution in [0.1, 0.15) is 69.7 Å². The predicted octanol–water partition coefficient (Wildman–Crippen LogP) is 5.48. The lowest BCUT2D eigenvalue weighted by Crippen LogP contribution is -2.47. The van der Waals surface area contributed by atoms with E-state index in [2.05, 4.69) is 48.2 Å². The monoisotopic (exact) mass is 578 g/mol. The summed E-state index contributed by atoms with van der Waals surface area (Å²) in [7, 11) is -4.55. The Bertz CT molecular complexity index is 1290. The first-order valence-electron chi connectivity index (χ1n) is 14.5. The van der Waals surface area contributed by atoms with Crippen molar-refractivity contribution in [2.45, 2.75) is 71.4 Å². The topological polar surface area (TPSA) is 75.3 Å². The largest absolute Gasteiger partial charge is 0.348 e. The first kappa shape index (κ1) is 30.4. The molecule has 1 aliphatic carbocycles. The van der Waals surface area contributed by atoms with Gasteiger partial charge in [0.15, 0.2) is 0 Å². The highest BCUT2D eigenvalue weighted by Gasteiger charge is 2.29. The number of carbonyl (C=O) groups is 1. The Morgan fingerprint density at radius 1 is 0.825 bits per heavy atom. The minimum absolute atomic E-state index is 0.0956. The minimum atomic E-state index is -3.58. The van der Waals surface area contributed by atoms with Gasteiger partial charge in [0.25, 0.3) is 5.91 Å². The van der Waals surface area contributed by atoms with Crippen molar-refractivity contribution >= 4 is 39.8 Å². The smallest absolute Gasteiger partial charge is 0.252 e. The van der Waals surface area contributed by atoms with Crippen LogP contribution in [0.15, 0.2) is 84.9 Å². The van der Waals surface area contributed by atoms with Crippen LogP contribution >= 0.6 is 7.92 Å². The van der Waals surface area contributed by atoms with Crippen LogP contribution in [-0.2, 0) is 10.0 Å². The standard InChI is InChI=1S/C33H43N2O3PS/c1-25(2)23-28(24-40(37,38)35-26(3)27-15-7-4-8-16-27)34-33(36)31-21-13-14-22-32(31)39(29-17-9-5-10-18-29)30-19-11-6-12-20-30/h5-6,9-14,17-22,25-28,35H,4,7-8,15-16,23-24H2,1-3H3,(H,34,36)/t26-,28-/m0/s1. The fourth-order valence-corrected chi connectivity index (χ4v) is 9.82. The molecule has 0 saturated heterocycles. The van der Waals surface area contributed by atoms with Crippen molar-refractivity contribution in [2.75, 3.05) is 5.75 Å². The van der Waals surface area contributed by atoms with Crippen LogP contribution in [0, 0.1) is 11.8 Å². The van der Waals surface area contributed by atoms with Gasteiger partial charge in [0, 0.05) is 17.6 Å². The highest BCUT2D eigenvalue weighted by Crippen LogP contribution is 2.34.